The lowest BCUT2D eigenvalue weighted by Gasteiger charge is -2.18. The van der Waals surface area contributed by atoms with Crippen LogP contribution in [0.5, 0.6) is 0 Å². The number of nitrogens with two attached hydrogens (primary N) is 1. The molecule has 0 saturated heterocycles. The molecular formula is C15H17FN4O2S. The highest BCUT2D eigenvalue weighted by molar-refractivity contribution is 7.09. The van der Waals surface area contributed by atoms with E-state index >= 15 is 0 Å². The Labute approximate surface area is 136 Å². The summed E-state index contributed by atoms with van der Waals surface area (Å²) in [5, 5.41) is 7.76. The Morgan fingerprint density at radius 3 is 2.74 bits per heavy atom. The largest absolute Gasteiger partial charge is 0.352 e. The third kappa shape index (κ3) is 5.03. The number of nitrogens with one attached hydrogen (secondary N) is 2. The number of aromatic nitrogens is 1. The molecule has 0 aliphatic carbocycles. The van der Waals surface area contributed by atoms with Crippen LogP contribution in [0.4, 0.5) is 9.18 Å². The molecule has 1 atom stereocenters. The maximum Gasteiger partial charge on any atom is 0.312 e. The average Bonchev–Trinajstić information content (AvgIpc) is 2.90. The van der Waals surface area contributed by atoms with Crippen molar-refractivity contribution in [3.8, 4) is 0 Å². The van der Waals surface area contributed by atoms with Gasteiger partial charge in [-0.2, -0.15) is 0 Å². The Kier molecular flexibility index (Phi) is 5.64. The van der Waals surface area contributed by atoms with Crippen molar-refractivity contribution in [2.24, 2.45) is 5.73 Å². The van der Waals surface area contributed by atoms with E-state index in [0.717, 1.165) is 10.7 Å². The van der Waals surface area contributed by atoms with E-state index in [0.29, 0.717) is 0 Å². The monoisotopic (exact) mass is 336 g/mol. The molecule has 1 aromatic heterocycles. The zero-order chi connectivity index (χ0) is 16.8. The van der Waals surface area contributed by atoms with Gasteiger partial charge in [0.15, 0.2) is 0 Å². The molecule has 4 N–H and O–H groups in total. The van der Waals surface area contributed by atoms with Crippen LogP contribution in [0.3, 0.4) is 0 Å². The van der Waals surface area contributed by atoms with Crippen LogP contribution in [0.1, 0.15) is 28.7 Å². The van der Waals surface area contributed by atoms with Crippen molar-refractivity contribution in [3.05, 3.63) is 51.7 Å². The van der Waals surface area contributed by atoms with Crippen LogP contribution < -0.4 is 16.4 Å². The molecule has 3 amide bonds. The highest BCUT2D eigenvalue weighted by atomic mass is 32.1. The number of primary amides is 1. The molecule has 0 aliphatic heterocycles. The number of hydrogen-bond acceptors (Lipinski definition) is 4. The molecule has 0 fully saturated rings. The quantitative estimate of drug-likeness (QED) is 0.752. The third-order valence-corrected chi connectivity index (χ3v) is 4.06. The lowest BCUT2D eigenvalue weighted by molar-refractivity contribution is -0.121. The van der Waals surface area contributed by atoms with Crippen LogP contribution in [0, 0.1) is 12.7 Å². The lowest BCUT2D eigenvalue weighted by atomic mass is 10.0. The van der Waals surface area contributed by atoms with Crippen molar-refractivity contribution < 1.29 is 14.0 Å². The van der Waals surface area contributed by atoms with Gasteiger partial charge in [-0.1, -0.05) is 18.2 Å². The van der Waals surface area contributed by atoms with Gasteiger partial charge in [-0.15, -0.1) is 11.3 Å². The number of aryl methyl sites for hydroxylation is 1. The van der Waals surface area contributed by atoms with Crippen LogP contribution in [0.25, 0.3) is 0 Å². The number of amides is 3. The smallest absolute Gasteiger partial charge is 0.312 e. The average molecular weight is 336 g/mol. The molecule has 1 aromatic carbocycles. The maximum absolute atomic E-state index is 13.9. The fourth-order valence-corrected chi connectivity index (χ4v) is 2.80. The molecule has 23 heavy (non-hydrogen) atoms. The number of benzene rings is 1. The minimum Gasteiger partial charge on any atom is -0.352 e. The van der Waals surface area contributed by atoms with Crippen molar-refractivity contribution in [2.45, 2.75) is 25.9 Å². The second-order valence-electron chi connectivity index (χ2n) is 4.95. The Hall–Kier alpha value is -2.48. The molecule has 0 bridgehead atoms. The van der Waals surface area contributed by atoms with Gasteiger partial charge in [0.1, 0.15) is 10.8 Å². The van der Waals surface area contributed by atoms with Gasteiger partial charge in [0.05, 0.1) is 19.0 Å². The van der Waals surface area contributed by atoms with Crippen molar-refractivity contribution in [3.63, 3.8) is 0 Å². The summed E-state index contributed by atoms with van der Waals surface area (Å²) in [7, 11) is 0. The van der Waals surface area contributed by atoms with Gasteiger partial charge in [-0.3, -0.25) is 4.79 Å². The van der Waals surface area contributed by atoms with Crippen LogP contribution >= 0.6 is 11.3 Å². The summed E-state index contributed by atoms with van der Waals surface area (Å²) >= 11 is 1.44. The first kappa shape index (κ1) is 16.9. The van der Waals surface area contributed by atoms with E-state index in [9.17, 15) is 14.0 Å². The van der Waals surface area contributed by atoms with Crippen LogP contribution in [-0.4, -0.2) is 16.9 Å². The van der Waals surface area contributed by atoms with Gasteiger partial charge in [0.2, 0.25) is 5.91 Å². The maximum atomic E-state index is 13.9. The number of urea groups is 1. The summed E-state index contributed by atoms with van der Waals surface area (Å²) in [4.78, 5) is 27.4. The molecule has 0 aliphatic rings. The first-order valence-corrected chi connectivity index (χ1v) is 7.81. The van der Waals surface area contributed by atoms with Crippen molar-refractivity contribution in [2.75, 3.05) is 0 Å². The standard InChI is InChI=1S/C15H17FN4O2S/c1-9-8-23-14(19-9)7-18-13(21)6-12(20-15(17)22)10-4-2-3-5-11(10)16/h2-5,8,12H,6-7H2,1H3,(H,18,21)(H3,17,20,22). The van der Waals surface area contributed by atoms with Gasteiger partial charge < -0.3 is 16.4 Å². The molecule has 0 spiro atoms. The summed E-state index contributed by atoms with van der Waals surface area (Å²) in [5.74, 6) is -0.838. The summed E-state index contributed by atoms with van der Waals surface area (Å²) in [6, 6.07) is 4.29. The molecule has 122 valence electrons. The minimum atomic E-state index is -0.827. The van der Waals surface area contributed by atoms with Gasteiger partial charge in [-0.25, -0.2) is 14.2 Å². The number of carbonyl (C=O) groups excluding carboxylic acids is 2. The lowest BCUT2D eigenvalue weighted by Crippen LogP contribution is -2.37. The molecule has 2 aromatic rings. The first-order chi connectivity index (χ1) is 11.0. The Balaban J connectivity index is 2.01. The Bertz CT molecular complexity index is 704. The zero-order valence-electron chi connectivity index (χ0n) is 12.5. The second kappa shape index (κ2) is 7.68. The molecule has 2 rings (SSSR count). The second-order valence-corrected chi connectivity index (χ2v) is 5.89. The van der Waals surface area contributed by atoms with E-state index in [1.807, 2.05) is 12.3 Å². The molecule has 0 saturated carbocycles. The number of halogens is 1. The minimum absolute atomic E-state index is 0.117. The number of thiazole rings is 1. The van der Waals surface area contributed by atoms with Gasteiger partial charge >= 0.3 is 6.03 Å². The van der Waals surface area contributed by atoms with E-state index in [-0.39, 0.29) is 24.4 Å². The first-order valence-electron chi connectivity index (χ1n) is 6.94. The highest BCUT2D eigenvalue weighted by Crippen LogP contribution is 2.20. The molecule has 1 unspecified atom stereocenters. The SMILES string of the molecule is Cc1csc(CNC(=O)CC(NC(N)=O)c2ccccc2F)n1. The predicted octanol–water partition coefficient (Wildman–Crippen LogP) is 2.01. The number of nitrogens with zero attached hydrogens (tertiary/aromatic N) is 1. The summed E-state index contributed by atoms with van der Waals surface area (Å²) in [6.07, 6.45) is -0.117. The van der Waals surface area contributed by atoms with E-state index < -0.39 is 17.9 Å². The van der Waals surface area contributed by atoms with Crippen molar-refractivity contribution >= 4 is 23.3 Å². The molecule has 0 radical (unpaired) electrons. The molecule has 1 heterocycles. The third-order valence-electron chi connectivity index (χ3n) is 3.09. The summed E-state index contributed by atoms with van der Waals surface area (Å²) < 4.78 is 13.9. The van der Waals surface area contributed by atoms with Crippen LogP contribution in [0.2, 0.25) is 0 Å². The fourth-order valence-electron chi connectivity index (χ4n) is 2.08. The molecule has 8 heteroatoms. The van der Waals surface area contributed by atoms with Crippen molar-refractivity contribution in [1.82, 2.24) is 15.6 Å². The van der Waals surface area contributed by atoms with Gasteiger partial charge in [0.25, 0.3) is 0 Å². The highest BCUT2D eigenvalue weighted by Gasteiger charge is 2.20. The van der Waals surface area contributed by atoms with Crippen molar-refractivity contribution in [1.29, 1.82) is 0 Å². The number of carbonyl (C=O) groups is 2. The van der Waals surface area contributed by atoms with Crippen LogP contribution in [-0.2, 0) is 11.3 Å². The Morgan fingerprint density at radius 2 is 2.13 bits per heavy atom. The summed E-state index contributed by atoms with van der Waals surface area (Å²) in [5.41, 5.74) is 6.21. The number of hydrogen-bond donors (Lipinski definition) is 3. The zero-order valence-corrected chi connectivity index (χ0v) is 13.3. The number of rotatable bonds is 6. The van der Waals surface area contributed by atoms with E-state index in [1.54, 1.807) is 6.07 Å². The van der Waals surface area contributed by atoms with E-state index in [2.05, 4.69) is 15.6 Å². The van der Waals surface area contributed by atoms with Crippen LogP contribution in [0.15, 0.2) is 29.6 Å². The van der Waals surface area contributed by atoms with E-state index in [4.69, 9.17) is 5.73 Å². The normalized spacial score (nSPS) is 11.7. The Morgan fingerprint density at radius 1 is 1.39 bits per heavy atom. The summed E-state index contributed by atoms with van der Waals surface area (Å²) in [6.45, 7) is 2.16. The topological polar surface area (TPSA) is 97.1 Å². The fraction of sp³-hybridized carbons (Fsp3) is 0.267. The molecular weight excluding hydrogens is 319 g/mol. The predicted molar refractivity (Wildman–Crippen MR) is 85.2 cm³/mol. The van der Waals surface area contributed by atoms with E-state index in [1.165, 1.54) is 29.5 Å². The van der Waals surface area contributed by atoms with Gasteiger partial charge in [-0.05, 0) is 13.0 Å². The van der Waals surface area contributed by atoms with Gasteiger partial charge in [0, 0.05) is 16.6 Å². The molecule has 6 nitrogen and oxygen atoms in total.